The van der Waals surface area contributed by atoms with E-state index in [1.165, 1.54) is 0 Å². The summed E-state index contributed by atoms with van der Waals surface area (Å²) in [4.78, 5) is 16.9. The van der Waals surface area contributed by atoms with E-state index in [0.717, 1.165) is 23.9 Å². The Kier molecular flexibility index (Phi) is 5.71. The Labute approximate surface area is 167 Å². The fourth-order valence-corrected chi connectivity index (χ4v) is 3.47. The van der Waals surface area contributed by atoms with Gasteiger partial charge in [0.25, 0.3) is 0 Å². The topological polar surface area (TPSA) is 84.1 Å². The highest BCUT2D eigenvalue weighted by atomic mass is 19.1. The van der Waals surface area contributed by atoms with Crippen LogP contribution in [0.4, 0.5) is 4.39 Å². The molecule has 0 radical (unpaired) electrons. The van der Waals surface area contributed by atoms with Crippen LogP contribution in [0.15, 0.2) is 42.9 Å². The van der Waals surface area contributed by atoms with Gasteiger partial charge in [0.15, 0.2) is 5.78 Å². The van der Waals surface area contributed by atoms with Crippen LogP contribution in [0.5, 0.6) is 0 Å². The van der Waals surface area contributed by atoms with Gasteiger partial charge in [0, 0.05) is 29.4 Å². The van der Waals surface area contributed by atoms with Crippen molar-refractivity contribution in [2.75, 3.05) is 19.8 Å². The summed E-state index contributed by atoms with van der Waals surface area (Å²) in [6, 6.07) is 8.87. The zero-order valence-electron chi connectivity index (χ0n) is 15.9. The molecule has 0 saturated heterocycles. The van der Waals surface area contributed by atoms with Crippen LogP contribution in [0.25, 0.3) is 5.52 Å². The van der Waals surface area contributed by atoms with E-state index < -0.39 is 12.7 Å². The Bertz CT molecular complexity index is 1030. The molecule has 6 nitrogen and oxygen atoms in total. The lowest BCUT2D eigenvalue weighted by Gasteiger charge is -2.10. The molecule has 0 unspecified atom stereocenters. The van der Waals surface area contributed by atoms with Crippen LogP contribution in [0.2, 0.25) is 0 Å². The molecule has 1 aromatic carbocycles. The highest BCUT2D eigenvalue weighted by molar-refractivity contribution is 6.00. The van der Waals surface area contributed by atoms with Gasteiger partial charge in [0.1, 0.15) is 18.5 Å². The third kappa shape index (κ3) is 4.37. The molecular formula is C22H23FN2O4. The molecule has 1 atom stereocenters. The first-order valence-electron chi connectivity index (χ1n) is 9.69. The molecule has 3 aromatic rings. The predicted molar refractivity (Wildman–Crippen MR) is 105 cm³/mol. The molecule has 0 spiro atoms. The molecular weight excluding hydrogens is 375 g/mol. The van der Waals surface area contributed by atoms with E-state index in [4.69, 9.17) is 9.84 Å². The summed E-state index contributed by atoms with van der Waals surface area (Å²) in [5, 5.41) is 18.2. The van der Waals surface area contributed by atoms with Crippen LogP contribution in [-0.4, -0.2) is 51.3 Å². The number of Topliss-reactive ketones (excluding diaryl/α,β-unsaturated/α-hetero) is 1. The van der Waals surface area contributed by atoms with Gasteiger partial charge in [0.2, 0.25) is 0 Å². The second-order valence-corrected chi connectivity index (χ2v) is 7.46. The Hall–Kier alpha value is -2.61. The molecule has 1 aliphatic carbocycles. The van der Waals surface area contributed by atoms with Crippen molar-refractivity contribution in [2.24, 2.45) is 0 Å². The van der Waals surface area contributed by atoms with Gasteiger partial charge in [-0.05, 0) is 48.1 Å². The summed E-state index contributed by atoms with van der Waals surface area (Å²) in [5.41, 5.74) is 3.40. The Morgan fingerprint density at radius 3 is 2.86 bits per heavy atom. The molecule has 2 aromatic heterocycles. The number of hydrogen-bond donors (Lipinski definition) is 2. The van der Waals surface area contributed by atoms with Gasteiger partial charge in [-0.2, -0.15) is 0 Å². The van der Waals surface area contributed by atoms with Crippen LogP contribution >= 0.6 is 0 Å². The lowest BCUT2D eigenvalue weighted by Crippen LogP contribution is -2.22. The highest BCUT2D eigenvalue weighted by Gasteiger charge is 2.25. The molecule has 2 heterocycles. The predicted octanol–water partition coefficient (Wildman–Crippen LogP) is 2.49. The number of fused-ring (bicyclic) bond motifs is 1. The fourth-order valence-electron chi connectivity index (χ4n) is 3.47. The van der Waals surface area contributed by atoms with Crippen molar-refractivity contribution in [1.82, 2.24) is 9.38 Å². The van der Waals surface area contributed by atoms with Crippen LogP contribution < -0.4 is 0 Å². The summed E-state index contributed by atoms with van der Waals surface area (Å²) in [7, 11) is 0. The van der Waals surface area contributed by atoms with Crippen molar-refractivity contribution in [3.8, 4) is 0 Å². The standard InChI is InChI=1S/C22H23FN2O4/c23-20-7-15(14-1-2-14)3-4-16(20)8-21-19(9-17-5-6-24-13-25(17)21)22(28)12-29-11-18(27)10-26/h3-7,9,13-14,18,26-27H,1-2,8,10-12H2/t18-/m1/s1. The van der Waals surface area contributed by atoms with Crippen molar-refractivity contribution in [1.29, 1.82) is 0 Å². The van der Waals surface area contributed by atoms with E-state index in [0.29, 0.717) is 22.7 Å². The first kappa shape index (κ1) is 19.7. The maximum Gasteiger partial charge on any atom is 0.190 e. The zero-order chi connectivity index (χ0) is 20.4. The Morgan fingerprint density at radius 1 is 1.31 bits per heavy atom. The summed E-state index contributed by atoms with van der Waals surface area (Å²) >= 11 is 0. The van der Waals surface area contributed by atoms with Crippen LogP contribution in [-0.2, 0) is 11.2 Å². The first-order valence-corrected chi connectivity index (χ1v) is 9.69. The summed E-state index contributed by atoms with van der Waals surface area (Å²) in [5.74, 6) is -0.0711. The number of benzene rings is 1. The minimum Gasteiger partial charge on any atom is -0.394 e. The molecule has 1 saturated carbocycles. The van der Waals surface area contributed by atoms with E-state index >= 15 is 0 Å². The number of nitrogens with zero attached hydrogens (tertiary/aromatic N) is 2. The number of carbonyl (C=O) groups excluding carboxylic acids is 1. The average molecular weight is 398 g/mol. The molecule has 152 valence electrons. The van der Waals surface area contributed by atoms with E-state index in [-0.39, 0.29) is 31.2 Å². The summed E-state index contributed by atoms with van der Waals surface area (Å²) in [6.45, 7) is -0.807. The van der Waals surface area contributed by atoms with E-state index in [1.807, 2.05) is 6.07 Å². The number of carbonyl (C=O) groups is 1. The molecule has 0 bridgehead atoms. The maximum atomic E-state index is 14.7. The van der Waals surface area contributed by atoms with Crippen LogP contribution in [0.3, 0.4) is 0 Å². The molecule has 0 amide bonds. The summed E-state index contributed by atoms with van der Waals surface area (Å²) < 4.78 is 21.7. The lowest BCUT2D eigenvalue weighted by molar-refractivity contribution is 0.00895. The number of ketones is 1. The first-order chi connectivity index (χ1) is 14.1. The summed E-state index contributed by atoms with van der Waals surface area (Å²) in [6.07, 6.45) is 4.67. The largest absolute Gasteiger partial charge is 0.394 e. The number of aliphatic hydroxyl groups excluding tert-OH is 2. The molecule has 29 heavy (non-hydrogen) atoms. The second-order valence-electron chi connectivity index (χ2n) is 7.46. The van der Waals surface area contributed by atoms with E-state index in [2.05, 4.69) is 4.98 Å². The number of aromatic nitrogens is 2. The average Bonchev–Trinajstić information content (AvgIpc) is 3.51. The van der Waals surface area contributed by atoms with Crippen molar-refractivity contribution >= 4 is 11.3 Å². The minimum absolute atomic E-state index is 0.135. The number of hydrogen-bond acceptors (Lipinski definition) is 5. The van der Waals surface area contributed by atoms with Crippen molar-refractivity contribution < 1.29 is 24.1 Å². The Morgan fingerprint density at radius 2 is 2.14 bits per heavy atom. The van der Waals surface area contributed by atoms with E-state index in [9.17, 15) is 14.3 Å². The maximum absolute atomic E-state index is 14.7. The molecule has 4 rings (SSSR count). The van der Waals surface area contributed by atoms with Gasteiger partial charge >= 0.3 is 0 Å². The third-order valence-electron chi connectivity index (χ3n) is 5.22. The van der Waals surface area contributed by atoms with Crippen molar-refractivity contribution in [3.63, 3.8) is 0 Å². The lowest BCUT2D eigenvalue weighted by atomic mass is 10.0. The molecule has 2 N–H and O–H groups in total. The number of rotatable bonds is 9. The zero-order valence-corrected chi connectivity index (χ0v) is 15.9. The van der Waals surface area contributed by atoms with E-state index in [1.54, 1.807) is 41.2 Å². The molecule has 1 fully saturated rings. The normalized spacial score (nSPS) is 15.0. The molecule has 0 aliphatic heterocycles. The monoisotopic (exact) mass is 398 g/mol. The van der Waals surface area contributed by atoms with Crippen molar-refractivity contribution in [3.05, 3.63) is 71.1 Å². The molecule has 7 heteroatoms. The number of aliphatic hydroxyl groups is 2. The Balaban J connectivity index is 1.60. The van der Waals surface area contributed by atoms with Gasteiger partial charge in [-0.3, -0.25) is 4.79 Å². The van der Waals surface area contributed by atoms with Gasteiger partial charge in [-0.1, -0.05) is 12.1 Å². The minimum atomic E-state index is -1.03. The smallest absolute Gasteiger partial charge is 0.190 e. The van der Waals surface area contributed by atoms with Crippen molar-refractivity contribution in [2.45, 2.75) is 31.3 Å². The van der Waals surface area contributed by atoms with Gasteiger partial charge in [-0.25, -0.2) is 9.37 Å². The number of halogens is 1. The van der Waals surface area contributed by atoms with Crippen LogP contribution in [0, 0.1) is 5.82 Å². The molecule has 1 aliphatic rings. The number of ether oxygens (including phenoxy) is 1. The van der Waals surface area contributed by atoms with Crippen LogP contribution in [0.1, 0.15) is 45.9 Å². The fraction of sp³-hybridized carbons (Fsp3) is 0.364. The van der Waals surface area contributed by atoms with Gasteiger partial charge in [0.05, 0.1) is 19.5 Å². The highest BCUT2D eigenvalue weighted by Crippen LogP contribution is 2.40. The quantitative estimate of drug-likeness (QED) is 0.541. The van der Waals surface area contributed by atoms with Gasteiger partial charge < -0.3 is 19.4 Å². The third-order valence-corrected chi connectivity index (χ3v) is 5.22. The SMILES string of the molecule is O=C(COC[C@H](O)CO)c1cc2ccncn2c1Cc1ccc(C2CC2)cc1F. The van der Waals surface area contributed by atoms with Gasteiger partial charge in [-0.15, -0.1) is 0 Å². The second kappa shape index (κ2) is 8.41.